The van der Waals surface area contributed by atoms with Crippen LogP contribution in [-0.2, 0) is 9.53 Å². The van der Waals surface area contributed by atoms with Crippen molar-refractivity contribution in [2.45, 2.75) is 12.5 Å². The van der Waals surface area contributed by atoms with Gasteiger partial charge in [0, 0.05) is 11.6 Å². The number of aromatic nitrogens is 1. The number of rotatable bonds is 3. The van der Waals surface area contributed by atoms with Gasteiger partial charge in [0.2, 0.25) is 0 Å². The van der Waals surface area contributed by atoms with E-state index in [1.165, 1.54) is 18.4 Å². The summed E-state index contributed by atoms with van der Waals surface area (Å²) in [7, 11) is 1.34. The number of nitrogens with two attached hydrogens (primary N) is 1. The number of thiazole rings is 1. The SMILES string of the molecule is COC(=O)CC(N)c1nccs1. The molecule has 0 saturated carbocycles. The van der Waals surface area contributed by atoms with Crippen LogP contribution in [0.25, 0.3) is 0 Å². The largest absolute Gasteiger partial charge is 0.469 e. The Labute approximate surface area is 74.4 Å². The van der Waals surface area contributed by atoms with Crippen LogP contribution in [0.15, 0.2) is 11.6 Å². The number of methoxy groups -OCH3 is 1. The standard InChI is InChI=1S/C7H10N2O2S/c1-11-6(10)4-5(8)7-9-2-3-12-7/h2-3,5H,4,8H2,1H3. The van der Waals surface area contributed by atoms with E-state index in [4.69, 9.17) is 5.73 Å². The molecule has 1 rings (SSSR count). The highest BCUT2D eigenvalue weighted by molar-refractivity contribution is 7.09. The number of carbonyl (C=O) groups excluding carboxylic acids is 1. The van der Waals surface area contributed by atoms with Crippen molar-refractivity contribution in [2.75, 3.05) is 7.11 Å². The normalized spacial score (nSPS) is 12.5. The minimum absolute atomic E-state index is 0.185. The maximum Gasteiger partial charge on any atom is 0.307 e. The highest BCUT2D eigenvalue weighted by Crippen LogP contribution is 2.16. The van der Waals surface area contributed by atoms with Crippen LogP contribution >= 0.6 is 11.3 Å². The Hall–Kier alpha value is -0.940. The van der Waals surface area contributed by atoms with E-state index in [0.717, 1.165) is 5.01 Å². The Kier molecular flexibility index (Phi) is 3.19. The molecular weight excluding hydrogens is 176 g/mol. The summed E-state index contributed by atoms with van der Waals surface area (Å²) in [6.07, 6.45) is 1.85. The molecule has 1 atom stereocenters. The van der Waals surface area contributed by atoms with Gasteiger partial charge in [0.1, 0.15) is 5.01 Å². The lowest BCUT2D eigenvalue weighted by molar-refractivity contribution is -0.141. The van der Waals surface area contributed by atoms with Crippen molar-refractivity contribution >= 4 is 17.3 Å². The van der Waals surface area contributed by atoms with E-state index in [2.05, 4.69) is 9.72 Å². The molecule has 0 amide bonds. The van der Waals surface area contributed by atoms with Crippen molar-refractivity contribution in [1.29, 1.82) is 0 Å². The molecule has 0 aliphatic heterocycles. The van der Waals surface area contributed by atoms with E-state index >= 15 is 0 Å². The van der Waals surface area contributed by atoms with Crippen molar-refractivity contribution in [3.8, 4) is 0 Å². The highest BCUT2D eigenvalue weighted by Gasteiger charge is 2.13. The summed E-state index contributed by atoms with van der Waals surface area (Å²) < 4.78 is 4.48. The average molecular weight is 186 g/mol. The van der Waals surface area contributed by atoms with Crippen molar-refractivity contribution in [2.24, 2.45) is 5.73 Å². The molecule has 1 aromatic rings. The lowest BCUT2D eigenvalue weighted by atomic mass is 10.2. The first-order chi connectivity index (χ1) is 5.74. The number of ether oxygens (including phenoxy) is 1. The molecule has 0 radical (unpaired) electrons. The summed E-state index contributed by atoms with van der Waals surface area (Å²) in [5.41, 5.74) is 5.66. The van der Waals surface area contributed by atoms with E-state index in [9.17, 15) is 4.79 Å². The molecule has 0 bridgehead atoms. The molecule has 66 valence electrons. The van der Waals surface area contributed by atoms with Crippen LogP contribution < -0.4 is 5.73 Å². The number of esters is 1. The molecule has 5 heteroatoms. The summed E-state index contributed by atoms with van der Waals surface area (Å²) >= 11 is 1.44. The second-order valence-corrected chi connectivity index (χ2v) is 3.18. The fraction of sp³-hybridized carbons (Fsp3) is 0.429. The van der Waals surface area contributed by atoms with Crippen LogP contribution in [0.1, 0.15) is 17.5 Å². The number of carbonyl (C=O) groups is 1. The van der Waals surface area contributed by atoms with Gasteiger partial charge in [0.05, 0.1) is 19.6 Å². The van der Waals surface area contributed by atoms with Gasteiger partial charge in [-0.25, -0.2) is 4.98 Å². The molecule has 12 heavy (non-hydrogen) atoms. The quantitative estimate of drug-likeness (QED) is 0.706. The zero-order valence-electron chi connectivity index (χ0n) is 6.69. The molecule has 4 nitrogen and oxygen atoms in total. The van der Waals surface area contributed by atoms with Gasteiger partial charge < -0.3 is 10.5 Å². The van der Waals surface area contributed by atoms with Crippen LogP contribution in [-0.4, -0.2) is 18.1 Å². The molecule has 0 saturated heterocycles. The van der Waals surface area contributed by atoms with Crippen LogP contribution in [0.4, 0.5) is 0 Å². The van der Waals surface area contributed by atoms with Gasteiger partial charge in [-0.3, -0.25) is 4.79 Å². The summed E-state index contributed by atoms with van der Waals surface area (Å²) in [6.45, 7) is 0. The Morgan fingerprint density at radius 3 is 3.17 bits per heavy atom. The van der Waals surface area contributed by atoms with Gasteiger partial charge in [-0.15, -0.1) is 11.3 Å². The second-order valence-electron chi connectivity index (χ2n) is 2.26. The fourth-order valence-corrected chi connectivity index (χ4v) is 1.41. The zero-order valence-corrected chi connectivity index (χ0v) is 7.50. The Balaban J connectivity index is 2.49. The maximum atomic E-state index is 10.8. The summed E-state index contributed by atoms with van der Waals surface area (Å²) in [4.78, 5) is 14.8. The van der Waals surface area contributed by atoms with E-state index in [1.807, 2.05) is 5.38 Å². The first-order valence-corrected chi connectivity index (χ1v) is 4.33. The monoisotopic (exact) mass is 186 g/mol. The number of hydrogen-bond donors (Lipinski definition) is 1. The Morgan fingerprint density at radius 2 is 2.67 bits per heavy atom. The maximum absolute atomic E-state index is 10.8. The van der Waals surface area contributed by atoms with Crippen molar-refractivity contribution in [1.82, 2.24) is 4.98 Å². The fourth-order valence-electron chi connectivity index (χ4n) is 0.768. The van der Waals surface area contributed by atoms with Crippen molar-refractivity contribution in [3.63, 3.8) is 0 Å². The van der Waals surface area contributed by atoms with Crippen LogP contribution in [0, 0.1) is 0 Å². The predicted octanol–water partition coefficient (Wildman–Crippen LogP) is 0.706. The van der Waals surface area contributed by atoms with Gasteiger partial charge in [-0.1, -0.05) is 0 Å². The van der Waals surface area contributed by atoms with Crippen LogP contribution in [0.5, 0.6) is 0 Å². The third-order valence-corrected chi connectivity index (χ3v) is 2.29. The van der Waals surface area contributed by atoms with Gasteiger partial charge in [-0.05, 0) is 0 Å². The first-order valence-electron chi connectivity index (χ1n) is 3.46. The molecule has 1 aromatic heterocycles. The minimum atomic E-state index is -0.336. The lowest BCUT2D eigenvalue weighted by Gasteiger charge is -2.05. The summed E-state index contributed by atoms with van der Waals surface area (Å²) in [5, 5.41) is 2.59. The second kappa shape index (κ2) is 4.18. The van der Waals surface area contributed by atoms with Crippen molar-refractivity contribution < 1.29 is 9.53 Å². The van der Waals surface area contributed by atoms with Crippen molar-refractivity contribution in [3.05, 3.63) is 16.6 Å². The van der Waals surface area contributed by atoms with Gasteiger partial charge in [0.15, 0.2) is 0 Å². The molecule has 1 heterocycles. The predicted molar refractivity (Wildman–Crippen MR) is 45.7 cm³/mol. The number of hydrogen-bond acceptors (Lipinski definition) is 5. The number of nitrogens with zero attached hydrogens (tertiary/aromatic N) is 1. The third kappa shape index (κ3) is 2.28. The van der Waals surface area contributed by atoms with E-state index in [1.54, 1.807) is 6.20 Å². The molecular formula is C7H10N2O2S. The molecule has 2 N–H and O–H groups in total. The first kappa shape index (κ1) is 9.15. The summed E-state index contributed by atoms with van der Waals surface area (Å²) in [6, 6.07) is -0.336. The highest BCUT2D eigenvalue weighted by atomic mass is 32.1. The third-order valence-electron chi connectivity index (χ3n) is 1.38. The van der Waals surface area contributed by atoms with Gasteiger partial charge >= 0.3 is 5.97 Å². The zero-order chi connectivity index (χ0) is 8.97. The van der Waals surface area contributed by atoms with E-state index in [-0.39, 0.29) is 18.4 Å². The van der Waals surface area contributed by atoms with E-state index in [0.29, 0.717) is 0 Å². The molecule has 0 spiro atoms. The van der Waals surface area contributed by atoms with Crippen LogP contribution in [0.3, 0.4) is 0 Å². The van der Waals surface area contributed by atoms with Gasteiger partial charge in [0.25, 0.3) is 0 Å². The Bertz CT molecular complexity index is 248. The smallest absolute Gasteiger partial charge is 0.307 e. The molecule has 1 unspecified atom stereocenters. The Morgan fingerprint density at radius 1 is 1.92 bits per heavy atom. The summed E-state index contributed by atoms with van der Waals surface area (Å²) in [5.74, 6) is -0.308. The molecule has 0 aliphatic carbocycles. The molecule has 0 aliphatic rings. The topological polar surface area (TPSA) is 65.2 Å². The molecule has 0 fully saturated rings. The molecule has 0 aromatic carbocycles. The minimum Gasteiger partial charge on any atom is -0.469 e. The average Bonchev–Trinajstić information content (AvgIpc) is 2.56. The van der Waals surface area contributed by atoms with E-state index < -0.39 is 0 Å². The lowest BCUT2D eigenvalue weighted by Crippen LogP contribution is -2.15. The van der Waals surface area contributed by atoms with Crippen LogP contribution in [0.2, 0.25) is 0 Å². The van der Waals surface area contributed by atoms with Gasteiger partial charge in [-0.2, -0.15) is 0 Å².